The lowest BCUT2D eigenvalue weighted by Gasteiger charge is -2.24. The molecule has 15 heavy (non-hydrogen) atoms. The van der Waals surface area contributed by atoms with Crippen LogP contribution < -0.4 is 5.32 Å². The van der Waals surface area contributed by atoms with E-state index < -0.39 is 0 Å². The van der Waals surface area contributed by atoms with E-state index >= 15 is 0 Å². The summed E-state index contributed by atoms with van der Waals surface area (Å²) in [6.07, 6.45) is 5.10. The van der Waals surface area contributed by atoms with Gasteiger partial charge in [0.2, 0.25) is 0 Å². The van der Waals surface area contributed by atoms with Gasteiger partial charge in [0.05, 0.1) is 15.8 Å². The van der Waals surface area contributed by atoms with E-state index in [0.29, 0.717) is 6.04 Å². The maximum atomic E-state index is 4.36. The molecular formula is C11H20IN3. The van der Waals surface area contributed by atoms with Gasteiger partial charge in [-0.05, 0) is 49.8 Å². The third kappa shape index (κ3) is 4.51. The molecule has 1 atom stereocenters. The smallest absolute Gasteiger partial charge is 0.0641 e. The molecule has 0 aliphatic carbocycles. The lowest BCUT2D eigenvalue weighted by atomic mass is 10.1. The van der Waals surface area contributed by atoms with Gasteiger partial charge in [-0.25, -0.2) is 0 Å². The van der Waals surface area contributed by atoms with Crippen LogP contribution >= 0.6 is 22.6 Å². The van der Waals surface area contributed by atoms with Gasteiger partial charge in [-0.2, -0.15) is 5.10 Å². The van der Waals surface area contributed by atoms with Gasteiger partial charge in [0.1, 0.15) is 0 Å². The van der Waals surface area contributed by atoms with Gasteiger partial charge < -0.3 is 5.32 Å². The number of hydrogen-bond acceptors (Lipinski definition) is 2. The summed E-state index contributed by atoms with van der Waals surface area (Å²) in [4.78, 5) is 0. The summed E-state index contributed by atoms with van der Waals surface area (Å²) in [5, 5.41) is 7.87. The van der Waals surface area contributed by atoms with Gasteiger partial charge >= 0.3 is 0 Å². The molecule has 1 unspecified atom stereocenters. The molecule has 3 nitrogen and oxygen atoms in total. The highest BCUT2D eigenvalue weighted by atomic mass is 127. The summed E-state index contributed by atoms with van der Waals surface area (Å²) in [7, 11) is 0. The molecule has 1 rings (SSSR count). The zero-order valence-corrected chi connectivity index (χ0v) is 12.1. The van der Waals surface area contributed by atoms with Crippen LogP contribution in [-0.4, -0.2) is 21.9 Å². The zero-order valence-electron chi connectivity index (χ0n) is 9.92. The Morgan fingerprint density at radius 1 is 1.53 bits per heavy atom. The highest BCUT2D eigenvalue weighted by Gasteiger charge is 2.14. The number of nitrogens with one attached hydrogen (secondary N) is 1. The number of hydrogen-bond donors (Lipinski definition) is 1. The van der Waals surface area contributed by atoms with Crippen LogP contribution in [0.25, 0.3) is 0 Å². The highest BCUT2D eigenvalue weighted by molar-refractivity contribution is 14.1. The number of rotatable bonds is 4. The van der Waals surface area contributed by atoms with Crippen LogP contribution in [0.4, 0.5) is 0 Å². The molecule has 0 aliphatic rings. The molecule has 0 spiro atoms. The van der Waals surface area contributed by atoms with Crippen molar-refractivity contribution < 1.29 is 0 Å². The molecule has 0 aliphatic heterocycles. The molecule has 0 fully saturated rings. The Morgan fingerprint density at radius 2 is 2.20 bits per heavy atom. The molecule has 1 aromatic rings. The van der Waals surface area contributed by atoms with Crippen molar-refractivity contribution in [2.24, 2.45) is 0 Å². The first-order valence-electron chi connectivity index (χ1n) is 5.37. The van der Waals surface area contributed by atoms with Gasteiger partial charge in [-0.3, -0.25) is 4.68 Å². The zero-order chi connectivity index (χ0) is 11.5. The summed E-state index contributed by atoms with van der Waals surface area (Å²) in [5.41, 5.74) is 0.174. The van der Waals surface area contributed by atoms with Gasteiger partial charge in [0, 0.05) is 18.3 Å². The molecule has 0 bridgehead atoms. The second-order valence-electron chi connectivity index (χ2n) is 4.83. The van der Waals surface area contributed by atoms with E-state index in [1.165, 1.54) is 3.57 Å². The van der Waals surface area contributed by atoms with Crippen molar-refractivity contribution in [2.45, 2.75) is 45.7 Å². The normalized spacial score (nSPS) is 14.2. The highest BCUT2D eigenvalue weighted by Crippen LogP contribution is 2.13. The predicted molar refractivity (Wildman–Crippen MR) is 72.0 cm³/mol. The lowest BCUT2D eigenvalue weighted by Crippen LogP contribution is -2.39. The molecule has 0 saturated heterocycles. The minimum atomic E-state index is 0.174. The van der Waals surface area contributed by atoms with Crippen molar-refractivity contribution >= 4 is 22.6 Å². The van der Waals surface area contributed by atoms with E-state index in [9.17, 15) is 0 Å². The molecule has 0 aromatic carbocycles. The first-order chi connectivity index (χ1) is 6.92. The Hall–Kier alpha value is -0.100. The minimum absolute atomic E-state index is 0.174. The fourth-order valence-electron chi connectivity index (χ4n) is 1.36. The Labute approximate surface area is 106 Å². The summed E-state index contributed by atoms with van der Waals surface area (Å²) < 4.78 is 3.25. The van der Waals surface area contributed by atoms with Crippen LogP contribution in [-0.2, 0) is 0 Å². The van der Waals surface area contributed by atoms with Crippen LogP contribution in [0.5, 0.6) is 0 Å². The van der Waals surface area contributed by atoms with Gasteiger partial charge in [-0.15, -0.1) is 0 Å². The maximum Gasteiger partial charge on any atom is 0.0641 e. The molecule has 0 saturated carbocycles. The topological polar surface area (TPSA) is 29.9 Å². The SMILES string of the molecule is CCC(CNC(C)(C)C)n1cc(I)cn1. The van der Waals surface area contributed by atoms with Crippen LogP contribution in [0.3, 0.4) is 0 Å². The number of aromatic nitrogens is 2. The average molecular weight is 321 g/mol. The Bertz CT molecular complexity index is 301. The van der Waals surface area contributed by atoms with E-state index in [-0.39, 0.29) is 5.54 Å². The molecule has 86 valence electrons. The predicted octanol–water partition coefficient (Wildman–Crippen LogP) is 2.83. The van der Waals surface area contributed by atoms with E-state index in [4.69, 9.17) is 0 Å². The number of halogens is 1. The monoisotopic (exact) mass is 321 g/mol. The summed E-state index contributed by atoms with van der Waals surface area (Å²) in [6.45, 7) is 9.73. The van der Waals surface area contributed by atoms with E-state index in [1.807, 2.05) is 6.20 Å². The summed E-state index contributed by atoms with van der Waals surface area (Å²) in [6, 6.07) is 0.452. The Morgan fingerprint density at radius 3 is 2.60 bits per heavy atom. The summed E-state index contributed by atoms with van der Waals surface area (Å²) in [5.74, 6) is 0. The van der Waals surface area contributed by atoms with Crippen LogP contribution in [0.1, 0.15) is 40.2 Å². The fraction of sp³-hybridized carbons (Fsp3) is 0.727. The Kier molecular flexibility index (Phi) is 4.58. The van der Waals surface area contributed by atoms with Gasteiger partial charge in [0.25, 0.3) is 0 Å². The third-order valence-electron chi connectivity index (χ3n) is 2.28. The first kappa shape index (κ1) is 13.0. The van der Waals surface area contributed by atoms with Gasteiger partial charge in [-0.1, -0.05) is 6.92 Å². The second kappa shape index (κ2) is 5.30. The molecule has 0 amide bonds. The van der Waals surface area contributed by atoms with E-state index in [1.54, 1.807) is 0 Å². The maximum absolute atomic E-state index is 4.36. The second-order valence-corrected chi connectivity index (χ2v) is 6.08. The summed E-state index contributed by atoms with van der Waals surface area (Å²) >= 11 is 2.29. The third-order valence-corrected chi connectivity index (χ3v) is 2.84. The molecule has 1 aromatic heterocycles. The van der Waals surface area contributed by atoms with Crippen molar-refractivity contribution in [1.29, 1.82) is 0 Å². The standard InChI is InChI=1S/C11H20IN3/c1-5-10(7-13-11(2,3)4)15-8-9(12)6-14-15/h6,8,10,13H,5,7H2,1-4H3. The Balaban J connectivity index is 2.57. The van der Waals surface area contributed by atoms with Crippen molar-refractivity contribution in [2.75, 3.05) is 6.54 Å². The molecule has 1 heterocycles. The quantitative estimate of drug-likeness (QED) is 0.864. The van der Waals surface area contributed by atoms with Gasteiger partial charge in [0.15, 0.2) is 0 Å². The van der Waals surface area contributed by atoms with Crippen molar-refractivity contribution in [3.05, 3.63) is 16.0 Å². The number of nitrogens with zero attached hydrogens (tertiary/aromatic N) is 2. The fourth-order valence-corrected chi connectivity index (χ4v) is 1.77. The van der Waals surface area contributed by atoms with E-state index in [0.717, 1.165) is 13.0 Å². The molecule has 1 N–H and O–H groups in total. The van der Waals surface area contributed by atoms with Crippen molar-refractivity contribution in [3.8, 4) is 0 Å². The average Bonchev–Trinajstić information content (AvgIpc) is 2.51. The molecular weight excluding hydrogens is 301 g/mol. The first-order valence-corrected chi connectivity index (χ1v) is 6.45. The van der Waals surface area contributed by atoms with E-state index in [2.05, 4.69) is 71.6 Å². The van der Waals surface area contributed by atoms with Crippen LogP contribution in [0.2, 0.25) is 0 Å². The minimum Gasteiger partial charge on any atom is -0.310 e. The molecule has 4 heteroatoms. The largest absolute Gasteiger partial charge is 0.310 e. The van der Waals surface area contributed by atoms with Crippen LogP contribution in [0, 0.1) is 3.57 Å². The lowest BCUT2D eigenvalue weighted by molar-refractivity contribution is 0.345. The van der Waals surface area contributed by atoms with Crippen molar-refractivity contribution in [3.63, 3.8) is 0 Å². The molecule has 0 radical (unpaired) electrons. The van der Waals surface area contributed by atoms with Crippen molar-refractivity contribution in [1.82, 2.24) is 15.1 Å². The van der Waals surface area contributed by atoms with Crippen LogP contribution in [0.15, 0.2) is 12.4 Å².